The molecule has 0 aliphatic rings. The van der Waals surface area contributed by atoms with E-state index in [1.54, 1.807) is 0 Å². The van der Waals surface area contributed by atoms with Crippen LogP contribution in [0.15, 0.2) is 42.6 Å². The van der Waals surface area contributed by atoms with Gasteiger partial charge in [-0.25, -0.2) is 0 Å². The molecule has 0 spiro atoms. The van der Waals surface area contributed by atoms with Crippen molar-refractivity contribution in [3.05, 3.63) is 53.7 Å². The van der Waals surface area contributed by atoms with Crippen LogP contribution in [-0.4, -0.2) is 16.1 Å². The highest BCUT2D eigenvalue weighted by atomic mass is 16.4. The van der Waals surface area contributed by atoms with Crippen LogP contribution in [0.25, 0.3) is 21.7 Å². The fourth-order valence-electron chi connectivity index (χ4n) is 2.69. The molecule has 1 heterocycles. The molecule has 0 aliphatic carbocycles. The van der Waals surface area contributed by atoms with Crippen molar-refractivity contribution in [1.82, 2.24) is 4.98 Å². The van der Waals surface area contributed by atoms with E-state index in [2.05, 4.69) is 18.0 Å². The number of aryl methyl sites for hydroxylation is 1. The molecule has 0 aliphatic heterocycles. The Balaban J connectivity index is 2.35. The normalized spacial score (nSPS) is 11.1. The van der Waals surface area contributed by atoms with Crippen molar-refractivity contribution in [2.75, 3.05) is 0 Å². The van der Waals surface area contributed by atoms with E-state index in [0.717, 1.165) is 33.8 Å². The van der Waals surface area contributed by atoms with Crippen LogP contribution < -0.4 is 0 Å². The minimum Gasteiger partial charge on any atom is -0.481 e. The van der Waals surface area contributed by atoms with Gasteiger partial charge in [-0.3, -0.25) is 9.78 Å². The highest BCUT2D eigenvalue weighted by Gasteiger charge is 2.09. The molecular weight excluding hydrogens is 250 g/mol. The topological polar surface area (TPSA) is 50.2 Å². The minimum absolute atomic E-state index is 0.0391. The van der Waals surface area contributed by atoms with Crippen LogP contribution in [-0.2, 0) is 17.6 Å². The first-order valence-corrected chi connectivity index (χ1v) is 6.70. The van der Waals surface area contributed by atoms with Gasteiger partial charge in [-0.05, 0) is 29.0 Å². The number of aromatic nitrogens is 1. The number of benzene rings is 2. The summed E-state index contributed by atoms with van der Waals surface area (Å²) in [6.45, 7) is 2.08. The molecule has 3 aromatic rings. The second-order valence-electron chi connectivity index (χ2n) is 4.92. The fourth-order valence-corrected chi connectivity index (χ4v) is 2.69. The first-order valence-electron chi connectivity index (χ1n) is 6.70. The zero-order valence-corrected chi connectivity index (χ0v) is 11.3. The Morgan fingerprint density at radius 2 is 2.05 bits per heavy atom. The molecule has 0 fully saturated rings. The van der Waals surface area contributed by atoms with Crippen LogP contribution in [0.4, 0.5) is 0 Å². The third-order valence-electron chi connectivity index (χ3n) is 3.57. The Hall–Kier alpha value is -2.42. The maximum Gasteiger partial charge on any atom is 0.307 e. The second kappa shape index (κ2) is 4.93. The molecule has 0 bridgehead atoms. The summed E-state index contributed by atoms with van der Waals surface area (Å²) in [7, 11) is 0. The Kier molecular flexibility index (Phi) is 3.11. The molecule has 2 aromatic carbocycles. The molecule has 0 saturated heterocycles. The number of hydrogen-bond acceptors (Lipinski definition) is 2. The lowest BCUT2D eigenvalue weighted by atomic mass is 9.97. The molecule has 1 aromatic heterocycles. The average Bonchev–Trinajstić information content (AvgIpc) is 2.45. The van der Waals surface area contributed by atoms with Crippen LogP contribution in [0.2, 0.25) is 0 Å². The molecule has 0 radical (unpaired) electrons. The Bertz CT molecular complexity index is 809. The van der Waals surface area contributed by atoms with Crippen molar-refractivity contribution in [2.45, 2.75) is 19.8 Å². The van der Waals surface area contributed by atoms with Gasteiger partial charge in [-0.15, -0.1) is 0 Å². The summed E-state index contributed by atoms with van der Waals surface area (Å²) >= 11 is 0. The predicted octanol–water partition coefficient (Wildman–Crippen LogP) is 3.58. The van der Waals surface area contributed by atoms with Gasteiger partial charge >= 0.3 is 5.97 Å². The second-order valence-corrected chi connectivity index (χ2v) is 4.92. The molecule has 0 unspecified atom stereocenters. The average molecular weight is 265 g/mol. The number of fused-ring (bicyclic) bond motifs is 3. The molecule has 3 heteroatoms. The number of hydrogen-bond donors (Lipinski definition) is 1. The third kappa shape index (κ3) is 2.11. The smallest absolute Gasteiger partial charge is 0.307 e. The lowest BCUT2D eigenvalue weighted by Crippen LogP contribution is -2.01. The van der Waals surface area contributed by atoms with Crippen molar-refractivity contribution in [2.24, 2.45) is 0 Å². The summed E-state index contributed by atoms with van der Waals surface area (Å²) in [5, 5.41) is 12.4. The Labute approximate surface area is 116 Å². The summed E-state index contributed by atoms with van der Waals surface area (Å²) in [6, 6.07) is 12.0. The van der Waals surface area contributed by atoms with Gasteiger partial charge in [0.2, 0.25) is 0 Å². The predicted molar refractivity (Wildman–Crippen MR) is 80.0 cm³/mol. The van der Waals surface area contributed by atoms with Gasteiger partial charge in [0.15, 0.2) is 0 Å². The van der Waals surface area contributed by atoms with E-state index in [1.165, 1.54) is 5.39 Å². The lowest BCUT2D eigenvalue weighted by molar-refractivity contribution is -0.136. The monoisotopic (exact) mass is 265 g/mol. The van der Waals surface area contributed by atoms with E-state index in [1.807, 2.05) is 36.5 Å². The number of aliphatic carboxylic acids is 1. The van der Waals surface area contributed by atoms with Gasteiger partial charge in [0.1, 0.15) is 0 Å². The first kappa shape index (κ1) is 12.6. The molecule has 0 amide bonds. The molecule has 100 valence electrons. The van der Waals surface area contributed by atoms with Crippen molar-refractivity contribution < 1.29 is 9.90 Å². The molecule has 3 rings (SSSR count). The van der Waals surface area contributed by atoms with Crippen LogP contribution in [0.1, 0.15) is 18.1 Å². The maximum atomic E-state index is 10.9. The van der Waals surface area contributed by atoms with Crippen molar-refractivity contribution >= 4 is 27.6 Å². The van der Waals surface area contributed by atoms with Crippen LogP contribution in [0.3, 0.4) is 0 Å². The summed E-state index contributed by atoms with van der Waals surface area (Å²) in [4.78, 5) is 15.4. The summed E-state index contributed by atoms with van der Waals surface area (Å²) in [6.07, 6.45) is 2.75. The summed E-state index contributed by atoms with van der Waals surface area (Å²) in [5.74, 6) is -0.813. The number of nitrogens with zero attached hydrogens (tertiary/aromatic N) is 1. The quantitative estimate of drug-likeness (QED) is 0.736. The lowest BCUT2D eigenvalue weighted by Gasteiger charge is -2.10. The van der Waals surface area contributed by atoms with Crippen LogP contribution >= 0.6 is 0 Å². The van der Waals surface area contributed by atoms with Gasteiger partial charge in [-0.2, -0.15) is 0 Å². The number of carboxylic acid groups (broad SMARTS) is 1. The van der Waals surface area contributed by atoms with E-state index >= 15 is 0 Å². The van der Waals surface area contributed by atoms with Crippen molar-refractivity contribution in [3.63, 3.8) is 0 Å². The zero-order valence-electron chi connectivity index (χ0n) is 11.3. The van der Waals surface area contributed by atoms with E-state index in [0.29, 0.717) is 0 Å². The zero-order chi connectivity index (χ0) is 14.1. The molecular formula is C17H15NO2. The molecule has 20 heavy (non-hydrogen) atoms. The van der Waals surface area contributed by atoms with E-state index in [4.69, 9.17) is 5.11 Å². The first-order chi connectivity index (χ1) is 9.69. The third-order valence-corrected chi connectivity index (χ3v) is 3.57. The highest BCUT2D eigenvalue weighted by molar-refractivity contribution is 6.07. The van der Waals surface area contributed by atoms with E-state index in [9.17, 15) is 4.79 Å². The standard InChI is InChI=1S/C17H15NO2/c1-2-12-7-11(9-16(19)20)8-15-17(12)14-6-4-3-5-13(14)10-18-15/h3-8,10H,2,9H2,1H3,(H,19,20). The van der Waals surface area contributed by atoms with Crippen molar-refractivity contribution in [1.29, 1.82) is 0 Å². The van der Waals surface area contributed by atoms with E-state index in [-0.39, 0.29) is 6.42 Å². The number of pyridine rings is 1. The van der Waals surface area contributed by atoms with Gasteiger partial charge < -0.3 is 5.11 Å². The van der Waals surface area contributed by atoms with E-state index < -0.39 is 5.97 Å². The maximum absolute atomic E-state index is 10.9. The van der Waals surface area contributed by atoms with Crippen LogP contribution in [0, 0.1) is 0 Å². The number of rotatable bonds is 3. The summed E-state index contributed by atoms with van der Waals surface area (Å²) in [5.41, 5.74) is 2.84. The van der Waals surface area contributed by atoms with Crippen molar-refractivity contribution in [3.8, 4) is 0 Å². The number of carbonyl (C=O) groups is 1. The molecule has 1 N–H and O–H groups in total. The Morgan fingerprint density at radius 3 is 2.80 bits per heavy atom. The molecule has 3 nitrogen and oxygen atoms in total. The minimum atomic E-state index is -0.813. The van der Waals surface area contributed by atoms with Crippen LogP contribution in [0.5, 0.6) is 0 Å². The van der Waals surface area contributed by atoms with Gasteiger partial charge in [0.05, 0.1) is 11.9 Å². The Morgan fingerprint density at radius 1 is 1.25 bits per heavy atom. The summed E-state index contributed by atoms with van der Waals surface area (Å²) < 4.78 is 0. The molecule has 0 saturated carbocycles. The largest absolute Gasteiger partial charge is 0.481 e. The molecule has 0 atom stereocenters. The fraction of sp³-hybridized carbons (Fsp3) is 0.176. The highest BCUT2D eigenvalue weighted by Crippen LogP contribution is 2.28. The van der Waals surface area contributed by atoms with Gasteiger partial charge in [0, 0.05) is 17.0 Å². The number of carboxylic acids is 1. The van der Waals surface area contributed by atoms with Gasteiger partial charge in [0.25, 0.3) is 0 Å². The van der Waals surface area contributed by atoms with Gasteiger partial charge in [-0.1, -0.05) is 37.3 Å². The SMILES string of the molecule is CCc1cc(CC(=O)O)cc2ncc3ccccc3c12.